The highest BCUT2D eigenvalue weighted by atomic mass is 16.4. The maximum atomic E-state index is 10.7. The quantitative estimate of drug-likeness (QED) is 0.840. The van der Waals surface area contributed by atoms with E-state index in [4.69, 9.17) is 5.11 Å². The molecule has 1 atom stereocenters. The van der Waals surface area contributed by atoms with Crippen molar-refractivity contribution >= 4 is 11.7 Å². The first-order valence-corrected chi connectivity index (χ1v) is 6.12. The summed E-state index contributed by atoms with van der Waals surface area (Å²) < 4.78 is 0. The zero-order valence-electron chi connectivity index (χ0n) is 10.0. The first-order chi connectivity index (χ1) is 8.16. The van der Waals surface area contributed by atoms with Crippen molar-refractivity contribution in [2.75, 3.05) is 5.32 Å². The van der Waals surface area contributed by atoms with E-state index in [0.29, 0.717) is 6.04 Å². The lowest BCUT2D eigenvalue weighted by atomic mass is 10.00. The molecule has 2 rings (SSSR count). The van der Waals surface area contributed by atoms with Crippen LogP contribution in [0.1, 0.15) is 43.1 Å². The molecule has 0 aliphatic heterocycles. The van der Waals surface area contributed by atoms with E-state index in [1.54, 1.807) is 12.3 Å². The number of rotatable bonds is 4. The third-order valence-electron chi connectivity index (χ3n) is 3.48. The van der Waals surface area contributed by atoms with Crippen LogP contribution >= 0.6 is 0 Å². The monoisotopic (exact) mass is 234 g/mol. The van der Waals surface area contributed by atoms with Gasteiger partial charge in [-0.3, -0.25) is 0 Å². The fraction of sp³-hybridized carbons (Fsp3) is 0.538. The van der Waals surface area contributed by atoms with Crippen LogP contribution in [0.2, 0.25) is 0 Å². The molecule has 0 radical (unpaired) electrons. The van der Waals surface area contributed by atoms with Gasteiger partial charge in [-0.05, 0) is 37.8 Å². The minimum absolute atomic E-state index is 0.0871. The lowest BCUT2D eigenvalue weighted by Crippen LogP contribution is -2.23. The number of aromatic nitrogens is 1. The summed E-state index contributed by atoms with van der Waals surface area (Å²) in [6.07, 6.45) is 6.82. The molecule has 0 saturated heterocycles. The zero-order valence-corrected chi connectivity index (χ0v) is 10.0. The summed E-state index contributed by atoms with van der Waals surface area (Å²) in [7, 11) is 0. The van der Waals surface area contributed by atoms with E-state index >= 15 is 0 Å². The number of carboxylic acids is 1. The van der Waals surface area contributed by atoms with E-state index in [0.717, 1.165) is 11.6 Å². The van der Waals surface area contributed by atoms with Crippen LogP contribution in [0.25, 0.3) is 0 Å². The fourth-order valence-electron chi connectivity index (χ4n) is 2.44. The van der Waals surface area contributed by atoms with Crippen LogP contribution in [0.4, 0.5) is 5.69 Å². The van der Waals surface area contributed by atoms with Crippen LogP contribution in [0.5, 0.6) is 0 Å². The molecule has 4 heteroatoms. The van der Waals surface area contributed by atoms with Crippen molar-refractivity contribution in [2.24, 2.45) is 5.92 Å². The molecule has 2 N–H and O–H groups in total. The van der Waals surface area contributed by atoms with Gasteiger partial charge in [0.15, 0.2) is 0 Å². The number of aromatic carboxylic acids is 1. The summed E-state index contributed by atoms with van der Waals surface area (Å²) in [6, 6.07) is 3.74. The van der Waals surface area contributed by atoms with Crippen LogP contribution in [-0.2, 0) is 0 Å². The van der Waals surface area contributed by atoms with Gasteiger partial charge in [0.2, 0.25) is 0 Å². The molecule has 0 bridgehead atoms. The summed E-state index contributed by atoms with van der Waals surface area (Å²) in [5, 5.41) is 12.1. The Bertz CT molecular complexity index is 383. The molecular weight excluding hydrogens is 216 g/mol. The second-order valence-electron chi connectivity index (χ2n) is 4.71. The van der Waals surface area contributed by atoms with E-state index in [9.17, 15) is 4.79 Å². The van der Waals surface area contributed by atoms with Crippen LogP contribution < -0.4 is 5.32 Å². The number of hydrogen-bond acceptors (Lipinski definition) is 3. The first-order valence-electron chi connectivity index (χ1n) is 6.12. The molecule has 17 heavy (non-hydrogen) atoms. The van der Waals surface area contributed by atoms with E-state index < -0.39 is 5.97 Å². The summed E-state index contributed by atoms with van der Waals surface area (Å²) in [4.78, 5) is 14.6. The lowest BCUT2D eigenvalue weighted by Gasteiger charge is -2.21. The maximum Gasteiger partial charge on any atom is 0.354 e. The Kier molecular flexibility index (Phi) is 3.61. The molecule has 0 aromatic carbocycles. The third-order valence-corrected chi connectivity index (χ3v) is 3.48. The van der Waals surface area contributed by atoms with Crippen molar-refractivity contribution in [1.29, 1.82) is 0 Å². The number of pyridine rings is 1. The Balaban J connectivity index is 1.96. The number of nitrogens with zero attached hydrogens (tertiary/aromatic N) is 1. The Labute approximate surface area is 101 Å². The standard InChI is InChI=1S/C13H18N2O2/c1-9(10-4-2-3-5-10)15-11-6-7-12(13(16)17)14-8-11/h6-10,15H,2-5H2,1H3,(H,16,17). The predicted octanol–water partition coefficient (Wildman–Crippen LogP) is 2.77. The fourth-order valence-corrected chi connectivity index (χ4v) is 2.44. The zero-order chi connectivity index (χ0) is 12.3. The van der Waals surface area contributed by atoms with Gasteiger partial charge in [-0.25, -0.2) is 9.78 Å². The Morgan fingerprint density at radius 3 is 2.71 bits per heavy atom. The molecule has 1 saturated carbocycles. The van der Waals surface area contributed by atoms with Gasteiger partial charge in [-0.1, -0.05) is 12.8 Å². The van der Waals surface area contributed by atoms with Gasteiger partial charge >= 0.3 is 5.97 Å². The van der Waals surface area contributed by atoms with Gasteiger partial charge in [-0.15, -0.1) is 0 Å². The van der Waals surface area contributed by atoms with E-state index in [-0.39, 0.29) is 5.69 Å². The minimum Gasteiger partial charge on any atom is -0.477 e. The molecular formula is C13H18N2O2. The average Bonchev–Trinajstić information content (AvgIpc) is 2.83. The van der Waals surface area contributed by atoms with Gasteiger partial charge in [-0.2, -0.15) is 0 Å². The lowest BCUT2D eigenvalue weighted by molar-refractivity contribution is 0.0690. The Morgan fingerprint density at radius 1 is 1.47 bits per heavy atom. The number of hydrogen-bond donors (Lipinski definition) is 2. The first kappa shape index (κ1) is 11.9. The summed E-state index contributed by atoms with van der Waals surface area (Å²) in [5.41, 5.74) is 0.985. The van der Waals surface area contributed by atoms with Crippen molar-refractivity contribution in [3.05, 3.63) is 24.0 Å². The molecule has 1 heterocycles. The van der Waals surface area contributed by atoms with Crippen LogP contribution in [0, 0.1) is 5.92 Å². The molecule has 1 aromatic rings. The largest absolute Gasteiger partial charge is 0.477 e. The van der Waals surface area contributed by atoms with Crippen LogP contribution in [0.3, 0.4) is 0 Å². The van der Waals surface area contributed by atoms with Crippen molar-refractivity contribution in [2.45, 2.75) is 38.6 Å². The van der Waals surface area contributed by atoms with Gasteiger partial charge < -0.3 is 10.4 Å². The second kappa shape index (κ2) is 5.17. The second-order valence-corrected chi connectivity index (χ2v) is 4.71. The van der Waals surface area contributed by atoms with Crippen molar-refractivity contribution in [3.63, 3.8) is 0 Å². The van der Waals surface area contributed by atoms with Gasteiger partial charge in [0, 0.05) is 6.04 Å². The van der Waals surface area contributed by atoms with E-state index in [2.05, 4.69) is 17.2 Å². The van der Waals surface area contributed by atoms with Gasteiger partial charge in [0.05, 0.1) is 11.9 Å². The molecule has 4 nitrogen and oxygen atoms in total. The highest BCUT2D eigenvalue weighted by molar-refractivity contribution is 5.85. The number of nitrogens with one attached hydrogen (secondary N) is 1. The molecule has 1 aliphatic rings. The summed E-state index contributed by atoms with van der Waals surface area (Å²) in [6.45, 7) is 2.18. The predicted molar refractivity (Wildman–Crippen MR) is 66.2 cm³/mol. The van der Waals surface area contributed by atoms with Crippen molar-refractivity contribution in [3.8, 4) is 0 Å². The number of carbonyl (C=O) groups is 1. The molecule has 1 unspecified atom stereocenters. The molecule has 0 amide bonds. The van der Waals surface area contributed by atoms with Crippen LogP contribution in [-0.4, -0.2) is 22.1 Å². The van der Waals surface area contributed by atoms with Crippen molar-refractivity contribution < 1.29 is 9.90 Å². The Morgan fingerprint density at radius 2 is 2.18 bits per heavy atom. The minimum atomic E-state index is -0.986. The van der Waals surface area contributed by atoms with Gasteiger partial charge in [0.25, 0.3) is 0 Å². The number of carboxylic acid groups (broad SMARTS) is 1. The van der Waals surface area contributed by atoms with Crippen LogP contribution in [0.15, 0.2) is 18.3 Å². The summed E-state index contributed by atoms with van der Waals surface area (Å²) in [5.74, 6) is -0.255. The van der Waals surface area contributed by atoms with E-state index in [1.165, 1.54) is 31.7 Å². The normalized spacial score (nSPS) is 17.9. The molecule has 1 aliphatic carbocycles. The highest BCUT2D eigenvalue weighted by Crippen LogP contribution is 2.29. The molecule has 0 spiro atoms. The van der Waals surface area contributed by atoms with Crippen molar-refractivity contribution in [1.82, 2.24) is 4.98 Å². The number of anilines is 1. The molecule has 1 fully saturated rings. The Hall–Kier alpha value is -1.58. The van der Waals surface area contributed by atoms with E-state index in [1.807, 2.05) is 0 Å². The molecule has 92 valence electrons. The summed E-state index contributed by atoms with van der Waals surface area (Å²) >= 11 is 0. The topological polar surface area (TPSA) is 62.2 Å². The van der Waals surface area contributed by atoms with Gasteiger partial charge in [0.1, 0.15) is 5.69 Å². The maximum absolute atomic E-state index is 10.7. The SMILES string of the molecule is CC(Nc1ccc(C(=O)O)nc1)C1CCCC1. The highest BCUT2D eigenvalue weighted by Gasteiger charge is 2.21. The smallest absolute Gasteiger partial charge is 0.354 e. The third kappa shape index (κ3) is 2.96. The average molecular weight is 234 g/mol. The molecule has 1 aromatic heterocycles.